The Kier molecular flexibility index (Phi) is 7.91. The molecule has 1 aliphatic carbocycles. The van der Waals surface area contributed by atoms with Crippen LogP contribution in [0.5, 0.6) is 0 Å². The van der Waals surface area contributed by atoms with Gasteiger partial charge in [0.1, 0.15) is 12.6 Å². The minimum Gasteiger partial charge on any atom is -0.356 e. The van der Waals surface area contributed by atoms with Crippen molar-refractivity contribution in [3.05, 3.63) is 0 Å². The molecule has 1 saturated carbocycles. The highest BCUT2D eigenvalue weighted by Gasteiger charge is 2.55. The molecule has 3 aliphatic rings. The van der Waals surface area contributed by atoms with Crippen LogP contribution in [0, 0.1) is 17.3 Å². The van der Waals surface area contributed by atoms with Crippen LogP contribution in [0.1, 0.15) is 52.4 Å². The second-order valence-electron chi connectivity index (χ2n) is 10.2. The molecule has 0 unspecified atom stereocenters. The molecule has 0 radical (unpaired) electrons. The SMILES string of the molecule is CC(C)C[C@H](N)C(=O)N1CC2(CC2)C[C@H]1C(=O)N[C@@H](C[C@@H]1CCNC1=O)C(=O)COC(F)(F)F. The quantitative estimate of drug-likeness (QED) is 0.416. The predicted molar refractivity (Wildman–Crippen MR) is 114 cm³/mol. The summed E-state index contributed by atoms with van der Waals surface area (Å²) in [6.07, 6.45) is -2.16. The van der Waals surface area contributed by atoms with E-state index >= 15 is 0 Å². The lowest BCUT2D eigenvalue weighted by Crippen LogP contribution is -2.54. The molecule has 3 fully saturated rings. The van der Waals surface area contributed by atoms with E-state index in [-0.39, 0.29) is 29.6 Å². The van der Waals surface area contributed by atoms with E-state index in [4.69, 9.17) is 5.73 Å². The van der Waals surface area contributed by atoms with Gasteiger partial charge in [-0.3, -0.25) is 23.9 Å². The number of hydrogen-bond acceptors (Lipinski definition) is 6. The van der Waals surface area contributed by atoms with Crippen LogP contribution in [0.15, 0.2) is 0 Å². The maximum atomic E-state index is 13.2. The second kappa shape index (κ2) is 10.2. The fourth-order valence-corrected chi connectivity index (χ4v) is 4.83. The third-order valence-electron chi connectivity index (χ3n) is 6.86. The summed E-state index contributed by atoms with van der Waals surface area (Å²) in [6, 6.07) is -2.99. The van der Waals surface area contributed by atoms with E-state index in [2.05, 4.69) is 15.4 Å². The van der Waals surface area contributed by atoms with Crippen molar-refractivity contribution in [1.82, 2.24) is 15.5 Å². The zero-order valence-corrected chi connectivity index (χ0v) is 19.5. The number of carbonyl (C=O) groups is 4. The van der Waals surface area contributed by atoms with Gasteiger partial charge in [-0.15, -0.1) is 13.2 Å². The van der Waals surface area contributed by atoms with Crippen molar-refractivity contribution >= 4 is 23.5 Å². The van der Waals surface area contributed by atoms with E-state index in [9.17, 15) is 32.3 Å². The molecule has 3 amide bonds. The first-order valence-corrected chi connectivity index (χ1v) is 11.7. The number of rotatable bonds is 10. The van der Waals surface area contributed by atoms with Gasteiger partial charge in [0, 0.05) is 19.0 Å². The van der Waals surface area contributed by atoms with Crippen molar-refractivity contribution in [2.24, 2.45) is 23.0 Å². The first-order valence-electron chi connectivity index (χ1n) is 11.7. The summed E-state index contributed by atoms with van der Waals surface area (Å²) in [7, 11) is 0. The average Bonchev–Trinajstić information content (AvgIpc) is 3.19. The number of likely N-dealkylation sites (tertiary alicyclic amines) is 1. The maximum absolute atomic E-state index is 13.2. The fourth-order valence-electron chi connectivity index (χ4n) is 4.83. The molecule has 12 heteroatoms. The summed E-state index contributed by atoms with van der Waals surface area (Å²) in [5.74, 6) is -2.72. The lowest BCUT2D eigenvalue weighted by atomic mass is 9.95. The lowest BCUT2D eigenvalue weighted by molar-refractivity contribution is -0.321. The fraction of sp³-hybridized carbons (Fsp3) is 0.818. The van der Waals surface area contributed by atoms with Crippen LogP contribution in [-0.2, 0) is 23.9 Å². The van der Waals surface area contributed by atoms with Gasteiger partial charge in [-0.05, 0) is 49.9 Å². The highest BCUT2D eigenvalue weighted by molar-refractivity contribution is 5.95. The Hall–Kier alpha value is -2.21. The minimum absolute atomic E-state index is 0.143. The number of amides is 3. The number of ether oxygens (including phenoxy) is 1. The van der Waals surface area contributed by atoms with E-state index in [0.29, 0.717) is 32.4 Å². The van der Waals surface area contributed by atoms with Gasteiger partial charge in [0.25, 0.3) is 0 Å². The van der Waals surface area contributed by atoms with Gasteiger partial charge >= 0.3 is 6.36 Å². The van der Waals surface area contributed by atoms with Crippen LogP contribution < -0.4 is 16.4 Å². The van der Waals surface area contributed by atoms with E-state index in [1.165, 1.54) is 4.90 Å². The lowest BCUT2D eigenvalue weighted by Gasteiger charge is -2.29. The van der Waals surface area contributed by atoms with Crippen molar-refractivity contribution in [2.45, 2.75) is 76.9 Å². The summed E-state index contributed by atoms with van der Waals surface area (Å²) in [6.45, 7) is 3.36. The van der Waals surface area contributed by atoms with Gasteiger partial charge in [0.2, 0.25) is 17.7 Å². The van der Waals surface area contributed by atoms with Gasteiger partial charge in [0.15, 0.2) is 5.78 Å². The van der Waals surface area contributed by atoms with Gasteiger partial charge in [-0.1, -0.05) is 13.8 Å². The molecule has 4 atom stereocenters. The first kappa shape index (κ1) is 26.4. The molecule has 0 bridgehead atoms. The van der Waals surface area contributed by atoms with Crippen molar-refractivity contribution in [2.75, 3.05) is 19.7 Å². The van der Waals surface area contributed by atoms with Crippen LogP contribution in [0.2, 0.25) is 0 Å². The van der Waals surface area contributed by atoms with Crippen LogP contribution in [0.25, 0.3) is 0 Å². The van der Waals surface area contributed by atoms with Crippen LogP contribution in [0.3, 0.4) is 0 Å². The molecule has 34 heavy (non-hydrogen) atoms. The smallest absolute Gasteiger partial charge is 0.356 e. The van der Waals surface area contributed by atoms with Crippen LogP contribution >= 0.6 is 0 Å². The normalized spacial score (nSPS) is 25.4. The molecular formula is C22H33F3N4O5. The molecule has 9 nitrogen and oxygen atoms in total. The minimum atomic E-state index is -5.01. The predicted octanol–water partition coefficient (Wildman–Crippen LogP) is 0.857. The van der Waals surface area contributed by atoms with Gasteiger partial charge in [-0.25, -0.2) is 0 Å². The van der Waals surface area contributed by atoms with E-state index in [0.717, 1.165) is 12.8 Å². The number of halogens is 3. The van der Waals surface area contributed by atoms with Crippen LogP contribution in [0.4, 0.5) is 13.2 Å². The Bertz CT molecular complexity index is 815. The highest BCUT2D eigenvalue weighted by Crippen LogP contribution is 2.55. The molecule has 0 aromatic carbocycles. The second-order valence-corrected chi connectivity index (χ2v) is 10.2. The number of nitrogens with one attached hydrogen (secondary N) is 2. The number of hydrogen-bond donors (Lipinski definition) is 3. The standard InChI is InChI=1S/C22H33F3N4O5/c1-12(2)7-14(26)20(33)29-11-21(4-5-21)9-16(29)19(32)28-15(8-13-3-6-27-18(13)31)17(30)10-34-22(23,24)25/h12-16H,3-11,26H2,1-2H3,(H,27,31)(H,28,32)/t13-,14-,15-,16-/m0/s1. The van der Waals surface area contributed by atoms with Crippen molar-refractivity contribution in [3.63, 3.8) is 0 Å². The number of ketones is 1. The Morgan fingerprint density at radius 3 is 2.50 bits per heavy atom. The Labute approximate surface area is 196 Å². The zero-order chi connectivity index (χ0) is 25.3. The molecule has 0 aromatic rings. The topological polar surface area (TPSA) is 131 Å². The molecule has 3 rings (SSSR count). The number of nitrogens with two attached hydrogens (primary N) is 1. The maximum Gasteiger partial charge on any atom is 0.522 e. The third kappa shape index (κ3) is 6.68. The highest BCUT2D eigenvalue weighted by atomic mass is 19.4. The Balaban J connectivity index is 1.73. The molecule has 2 aliphatic heterocycles. The number of nitrogens with zero attached hydrogens (tertiary/aromatic N) is 1. The molecule has 2 heterocycles. The molecular weight excluding hydrogens is 457 g/mol. The van der Waals surface area contributed by atoms with Crippen molar-refractivity contribution in [1.29, 1.82) is 0 Å². The van der Waals surface area contributed by atoms with Crippen molar-refractivity contribution < 1.29 is 37.1 Å². The average molecular weight is 491 g/mol. The van der Waals surface area contributed by atoms with Gasteiger partial charge < -0.3 is 21.3 Å². The summed E-state index contributed by atoms with van der Waals surface area (Å²) in [5.41, 5.74) is 5.93. The molecule has 4 N–H and O–H groups in total. The van der Waals surface area contributed by atoms with E-state index in [1.807, 2.05) is 13.8 Å². The third-order valence-corrected chi connectivity index (χ3v) is 6.86. The molecule has 192 valence electrons. The summed E-state index contributed by atoms with van der Waals surface area (Å²) >= 11 is 0. The molecule has 2 saturated heterocycles. The van der Waals surface area contributed by atoms with Gasteiger partial charge in [0.05, 0.1) is 12.1 Å². The summed E-state index contributed by atoms with van der Waals surface area (Å²) in [5, 5.41) is 5.13. The first-order chi connectivity index (χ1) is 15.8. The molecule has 0 aromatic heterocycles. The zero-order valence-electron chi connectivity index (χ0n) is 19.5. The number of alkyl halides is 3. The van der Waals surface area contributed by atoms with E-state index in [1.54, 1.807) is 0 Å². The molecule has 1 spiro atoms. The monoisotopic (exact) mass is 490 g/mol. The van der Waals surface area contributed by atoms with Gasteiger partial charge in [-0.2, -0.15) is 0 Å². The summed E-state index contributed by atoms with van der Waals surface area (Å²) < 4.78 is 41.1. The Morgan fingerprint density at radius 1 is 1.29 bits per heavy atom. The summed E-state index contributed by atoms with van der Waals surface area (Å²) in [4.78, 5) is 52.2. The Morgan fingerprint density at radius 2 is 1.97 bits per heavy atom. The van der Waals surface area contributed by atoms with E-state index < -0.39 is 48.7 Å². The number of carbonyl (C=O) groups excluding carboxylic acids is 4. The number of Topliss-reactive ketones (excluding diaryl/α,β-unsaturated/α-hetero) is 1. The van der Waals surface area contributed by atoms with Crippen LogP contribution in [-0.4, -0.2) is 72.6 Å². The largest absolute Gasteiger partial charge is 0.522 e. The van der Waals surface area contributed by atoms with Crippen molar-refractivity contribution in [3.8, 4) is 0 Å².